The first-order valence-electron chi connectivity index (χ1n) is 5.29. The molecule has 1 aromatic rings. The van der Waals surface area contributed by atoms with E-state index in [2.05, 4.69) is 0 Å². The van der Waals surface area contributed by atoms with Gasteiger partial charge in [0.2, 0.25) is 0 Å². The summed E-state index contributed by atoms with van der Waals surface area (Å²) in [6.45, 7) is 3.53. The molecule has 0 saturated heterocycles. The molecular weight excluding hydrogens is 258 g/mol. The molecule has 6 heteroatoms. The van der Waals surface area contributed by atoms with Crippen molar-refractivity contribution in [2.45, 2.75) is 20.0 Å². The standard InChI is InChI=1S/C12H16ClNO4/c1-6-8(7(2)18-12(14)15)5-9(13)11(17-4)10(6)16-3/h5,7H,1-4H3,(H2,14,15). The van der Waals surface area contributed by atoms with Crippen LogP contribution in [0, 0.1) is 6.92 Å². The maximum absolute atomic E-state index is 10.8. The van der Waals surface area contributed by atoms with Crippen LogP contribution in [0.15, 0.2) is 6.07 Å². The molecule has 0 aliphatic heterocycles. The average molecular weight is 274 g/mol. The van der Waals surface area contributed by atoms with E-state index in [1.165, 1.54) is 14.2 Å². The van der Waals surface area contributed by atoms with Gasteiger partial charge in [0.05, 0.1) is 19.2 Å². The number of primary amides is 1. The molecule has 0 radical (unpaired) electrons. The van der Waals surface area contributed by atoms with Gasteiger partial charge in [0.15, 0.2) is 11.5 Å². The van der Waals surface area contributed by atoms with Crippen LogP contribution in [0.4, 0.5) is 4.79 Å². The third kappa shape index (κ3) is 2.79. The Hall–Kier alpha value is -1.62. The molecule has 0 fully saturated rings. The summed E-state index contributed by atoms with van der Waals surface area (Å²) in [4.78, 5) is 10.8. The number of nitrogens with two attached hydrogens (primary N) is 1. The normalized spacial score (nSPS) is 11.8. The Labute approximate surface area is 111 Å². The zero-order valence-corrected chi connectivity index (χ0v) is 11.5. The van der Waals surface area contributed by atoms with Gasteiger partial charge in [-0.1, -0.05) is 11.6 Å². The fourth-order valence-corrected chi connectivity index (χ4v) is 2.10. The minimum absolute atomic E-state index is 0.384. The Kier molecular flexibility index (Phi) is 4.67. The van der Waals surface area contributed by atoms with E-state index in [1.807, 2.05) is 6.92 Å². The number of ether oxygens (including phenoxy) is 3. The molecule has 18 heavy (non-hydrogen) atoms. The van der Waals surface area contributed by atoms with Crippen molar-refractivity contribution in [1.29, 1.82) is 0 Å². The summed E-state index contributed by atoms with van der Waals surface area (Å²) in [7, 11) is 3.02. The van der Waals surface area contributed by atoms with Crippen LogP contribution in [0.1, 0.15) is 24.2 Å². The highest BCUT2D eigenvalue weighted by atomic mass is 35.5. The van der Waals surface area contributed by atoms with Crippen LogP contribution in [-0.4, -0.2) is 20.3 Å². The Morgan fingerprint density at radius 1 is 1.33 bits per heavy atom. The molecule has 1 amide bonds. The Balaban J connectivity index is 3.30. The molecule has 5 nitrogen and oxygen atoms in total. The van der Waals surface area contributed by atoms with Gasteiger partial charge in [-0.15, -0.1) is 0 Å². The van der Waals surface area contributed by atoms with Crippen LogP contribution in [-0.2, 0) is 4.74 Å². The van der Waals surface area contributed by atoms with Crippen molar-refractivity contribution >= 4 is 17.7 Å². The first-order chi connectivity index (χ1) is 8.42. The number of methoxy groups -OCH3 is 2. The van der Waals surface area contributed by atoms with Gasteiger partial charge >= 0.3 is 6.09 Å². The number of rotatable bonds is 4. The van der Waals surface area contributed by atoms with Crippen LogP contribution >= 0.6 is 11.6 Å². The molecule has 2 N–H and O–H groups in total. The lowest BCUT2D eigenvalue weighted by Crippen LogP contribution is -2.16. The molecule has 0 saturated carbocycles. The lowest BCUT2D eigenvalue weighted by Gasteiger charge is -2.19. The highest BCUT2D eigenvalue weighted by Gasteiger charge is 2.20. The summed E-state index contributed by atoms with van der Waals surface area (Å²) in [5, 5.41) is 0.384. The number of hydrogen-bond acceptors (Lipinski definition) is 4. The zero-order valence-electron chi connectivity index (χ0n) is 10.7. The first kappa shape index (κ1) is 14.4. The van der Waals surface area contributed by atoms with Crippen molar-refractivity contribution < 1.29 is 19.0 Å². The molecule has 0 heterocycles. The number of carbonyl (C=O) groups excluding carboxylic acids is 1. The fraction of sp³-hybridized carbons (Fsp3) is 0.417. The lowest BCUT2D eigenvalue weighted by molar-refractivity contribution is 0.116. The van der Waals surface area contributed by atoms with Gasteiger partial charge in [0, 0.05) is 11.1 Å². The molecule has 1 rings (SSSR count). The first-order valence-corrected chi connectivity index (χ1v) is 5.67. The SMILES string of the molecule is COc1c(Cl)cc(C(C)OC(N)=O)c(C)c1OC. The van der Waals surface area contributed by atoms with E-state index in [9.17, 15) is 4.79 Å². The van der Waals surface area contributed by atoms with Crippen LogP contribution in [0.2, 0.25) is 5.02 Å². The van der Waals surface area contributed by atoms with Crippen molar-refractivity contribution in [1.82, 2.24) is 0 Å². The highest BCUT2D eigenvalue weighted by Crippen LogP contribution is 2.41. The fourth-order valence-electron chi connectivity index (χ4n) is 1.82. The number of amides is 1. The largest absolute Gasteiger partial charge is 0.493 e. The Morgan fingerprint density at radius 3 is 2.33 bits per heavy atom. The van der Waals surface area contributed by atoms with Crippen molar-refractivity contribution in [2.75, 3.05) is 14.2 Å². The van der Waals surface area contributed by atoms with E-state index in [1.54, 1.807) is 13.0 Å². The van der Waals surface area contributed by atoms with Crippen LogP contribution in [0.3, 0.4) is 0 Å². The third-order valence-corrected chi connectivity index (χ3v) is 2.90. The van der Waals surface area contributed by atoms with E-state index in [4.69, 9.17) is 31.5 Å². The highest BCUT2D eigenvalue weighted by molar-refractivity contribution is 6.32. The molecule has 0 aliphatic carbocycles. The van der Waals surface area contributed by atoms with Crippen molar-refractivity contribution in [3.8, 4) is 11.5 Å². The van der Waals surface area contributed by atoms with Gasteiger partial charge in [-0.05, 0) is 19.9 Å². The third-order valence-electron chi connectivity index (χ3n) is 2.62. The minimum Gasteiger partial charge on any atom is -0.493 e. The topological polar surface area (TPSA) is 70.8 Å². The second-order valence-corrected chi connectivity index (χ2v) is 4.13. The Morgan fingerprint density at radius 2 is 1.89 bits per heavy atom. The molecule has 1 aromatic carbocycles. The van der Waals surface area contributed by atoms with Crippen molar-refractivity contribution in [2.24, 2.45) is 5.73 Å². The van der Waals surface area contributed by atoms with Gasteiger partial charge in [0.1, 0.15) is 6.10 Å². The van der Waals surface area contributed by atoms with Crippen LogP contribution in [0.5, 0.6) is 11.5 Å². The maximum Gasteiger partial charge on any atom is 0.405 e. The van der Waals surface area contributed by atoms with Gasteiger partial charge in [0.25, 0.3) is 0 Å². The van der Waals surface area contributed by atoms with Crippen LogP contribution in [0.25, 0.3) is 0 Å². The summed E-state index contributed by atoms with van der Waals surface area (Å²) >= 11 is 6.09. The summed E-state index contributed by atoms with van der Waals surface area (Å²) in [6, 6.07) is 1.67. The number of halogens is 1. The van der Waals surface area contributed by atoms with E-state index < -0.39 is 12.2 Å². The zero-order chi connectivity index (χ0) is 13.9. The molecule has 0 spiro atoms. The van der Waals surface area contributed by atoms with Gasteiger partial charge in [-0.3, -0.25) is 0 Å². The summed E-state index contributed by atoms with van der Waals surface area (Å²) in [6.07, 6.45) is -1.35. The summed E-state index contributed by atoms with van der Waals surface area (Å²) < 4.78 is 15.4. The smallest absolute Gasteiger partial charge is 0.405 e. The van der Waals surface area contributed by atoms with E-state index >= 15 is 0 Å². The summed E-state index contributed by atoms with van der Waals surface area (Å²) in [5.41, 5.74) is 6.50. The van der Waals surface area contributed by atoms with Gasteiger partial charge in [-0.2, -0.15) is 0 Å². The minimum atomic E-state index is -0.840. The van der Waals surface area contributed by atoms with Gasteiger partial charge < -0.3 is 19.9 Å². The lowest BCUT2D eigenvalue weighted by atomic mass is 10.0. The second kappa shape index (κ2) is 5.82. The number of carbonyl (C=O) groups is 1. The monoisotopic (exact) mass is 273 g/mol. The number of benzene rings is 1. The van der Waals surface area contributed by atoms with Crippen LogP contribution < -0.4 is 15.2 Å². The van der Waals surface area contributed by atoms with E-state index in [-0.39, 0.29) is 0 Å². The number of hydrogen-bond donors (Lipinski definition) is 1. The molecule has 1 unspecified atom stereocenters. The quantitative estimate of drug-likeness (QED) is 0.916. The summed E-state index contributed by atoms with van der Waals surface area (Å²) in [5.74, 6) is 0.964. The molecule has 0 aliphatic rings. The average Bonchev–Trinajstić information content (AvgIpc) is 2.29. The molecule has 100 valence electrons. The van der Waals surface area contributed by atoms with E-state index in [0.717, 1.165) is 11.1 Å². The van der Waals surface area contributed by atoms with Crippen molar-refractivity contribution in [3.63, 3.8) is 0 Å². The van der Waals surface area contributed by atoms with Crippen molar-refractivity contribution in [3.05, 3.63) is 22.2 Å². The second-order valence-electron chi connectivity index (χ2n) is 3.72. The molecule has 0 aromatic heterocycles. The van der Waals surface area contributed by atoms with Gasteiger partial charge in [-0.25, -0.2) is 4.79 Å². The molecular formula is C12H16ClNO4. The predicted molar refractivity (Wildman–Crippen MR) is 68.4 cm³/mol. The molecule has 1 atom stereocenters. The van der Waals surface area contributed by atoms with E-state index in [0.29, 0.717) is 16.5 Å². The maximum atomic E-state index is 10.8. The molecule has 0 bridgehead atoms. The predicted octanol–water partition coefficient (Wildman–Crippen LogP) is 2.82. The Bertz CT molecular complexity index is 462.